The first-order valence-corrected chi connectivity index (χ1v) is 12.6. The van der Waals surface area contributed by atoms with Crippen LogP contribution in [0, 0.1) is 11.6 Å². The third-order valence-corrected chi connectivity index (χ3v) is 6.76. The fourth-order valence-electron chi connectivity index (χ4n) is 3.78. The summed E-state index contributed by atoms with van der Waals surface area (Å²) in [4.78, 5) is 26.7. The average molecular weight is 542 g/mol. The molecule has 0 saturated carbocycles. The number of aromatic nitrogens is 2. The summed E-state index contributed by atoms with van der Waals surface area (Å²) < 4.78 is 56.6. The summed E-state index contributed by atoms with van der Waals surface area (Å²) in [5.41, 5.74) is 1.71. The molecule has 4 N–H and O–H groups in total. The summed E-state index contributed by atoms with van der Waals surface area (Å²) >= 11 is 0. The third kappa shape index (κ3) is 6.13. The molecule has 196 valence electrons. The lowest BCUT2D eigenvalue weighted by molar-refractivity contribution is 0.209. The average Bonchev–Trinajstić information content (AvgIpc) is 3.34. The fraction of sp³-hybridized carbons (Fsp3) is 0.0800. The van der Waals surface area contributed by atoms with E-state index < -0.39 is 44.7 Å². The van der Waals surface area contributed by atoms with Crippen LogP contribution in [0.1, 0.15) is 17.4 Å². The second-order valence-electron chi connectivity index (χ2n) is 8.00. The van der Waals surface area contributed by atoms with Crippen LogP contribution in [0.4, 0.5) is 24.1 Å². The Bertz CT molecular complexity index is 1540. The quantitative estimate of drug-likeness (QED) is 0.263. The molecule has 1 aromatic heterocycles. The van der Waals surface area contributed by atoms with E-state index in [1.54, 1.807) is 51.9 Å². The molecule has 0 aliphatic carbocycles. The van der Waals surface area contributed by atoms with Gasteiger partial charge in [0.1, 0.15) is 17.5 Å². The minimum atomic E-state index is -4.88. The smallest absolute Gasteiger partial charge is 0.409 e. The van der Waals surface area contributed by atoms with Crippen molar-refractivity contribution in [1.82, 2.24) is 19.6 Å². The van der Waals surface area contributed by atoms with Gasteiger partial charge >= 0.3 is 12.1 Å². The highest BCUT2D eigenvalue weighted by atomic mass is 32.2. The van der Waals surface area contributed by atoms with Gasteiger partial charge in [-0.25, -0.2) is 36.5 Å². The number of imidazole rings is 1. The molecule has 0 aliphatic rings. The lowest BCUT2D eigenvalue weighted by atomic mass is 10.1. The Morgan fingerprint density at radius 2 is 1.61 bits per heavy atom. The number of sulfonamides is 1. The fourth-order valence-corrected chi connectivity index (χ4v) is 4.83. The number of carboxylic acid groups (broad SMARTS) is 1. The number of carbonyl (C=O) groups excluding carboxylic acids is 1. The Balaban J connectivity index is 1.63. The maximum atomic E-state index is 14.1. The minimum Gasteiger partial charge on any atom is -0.465 e. The molecule has 1 unspecified atom stereocenters. The Morgan fingerprint density at radius 3 is 2.24 bits per heavy atom. The Labute approximate surface area is 216 Å². The zero-order valence-electron chi connectivity index (χ0n) is 19.5. The maximum Gasteiger partial charge on any atom is 0.409 e. The van der Waals surface area contributed by atoms with E-state index in [9.17, 15) is 26.8 Å². The number of hydrogen-bond acceptors (Lipinski definition) is 5. The standard InChI is InChI=1S/C25H21F2N5O5S/c26-19-7-4-8-20(27)22(19)38(36,37)31-24(33)30-21(15-16-5-2-1-3-6-16)23-28-13-14-32(23)18-11-9-17(10-12-18)29-25(34)35/h1-14,21,29H,15H2,(H,34,35)(H2,30,31,33). The van der Waals surface area contributed by atoms with Crippen LogP contribution in [0.15, 0.2) is 90.1 Å². The van der Waals surface area contributed by atoms with Crippen molar-refractivity contribution < 1.29 is 31.9 Å². The summed E-state index contributed by atoms with van der Waals surface area (Å²) in [5.74, 6) is -2.37. The first-order chi connectivity index (χ1) is 18.1. The number of rotatable bonds is 8. The molecule has 1 heterocycles. The number of amides is 3. The predicted molar refractivity (Wildman–Crippen MR) is 133 cm³/mol. The summed E-state index contributed by atoms with van der Waals surface area (Å²) in [6.07, 6.45) is 2.06. The summed E-state index contributed by atoms with van der Waals surface area (Å²) in [7, 11) is -4.88. The number of carbonyl (C=O) groups is 2. The highest BCUT2D eigenvalue weighted by Gasteiger charge is 2.28. The number of hydrogen-bond donors (Lipinski definition) is 4. The van der Waals surface area contributed by atoms with Crippen LogP contribution in [-0.2, 0) is 16.4 Å². The highest BCUT2D eigenvalue weighted by molar-refractivity contribution is 7.90. The zero-order valence-corrected chi connectivity index (χ0v) is 20.3. The van der Waals surface area contributed by atoms with Crippen LogP contribution >= 0.6 is 0 Å². The maximum absolute atomic E-state index is 14.1. The number of anilines is 1. The van der Waals surface area contributed by atoms with Crippen LogP contribution in [0.25, 0.3) is 5.69 Å². The molecule has 4 rings (SSSR count). The second kappa shape index (κ2) is 11.1. The van der Waals surface area contributed by atoms with E-state index in [0.29, 0.717) is 17.2 Å². The summed E-state index contributed by atoms with van der Waals surface area (Å²) in [5, 5.41) is 13.7. The van der Waals surface area contributed by atoms with Crippen molar-refractivity contribution in [3.05, 3.63) is 108 Å². The number of halogens is 2. The first-order valence-electron chi connectivity index (χ1n) is 11.1. The minimum absolute atomic E-state index is 0.192. The molecule has 1 atom stereocenters. The topological polar surface area (TPSA) is 142 Å². The van der Waals surface area contributed by atoms with Crippen molar-refractivity contribution in [2.45, 2.75) is 17.4 Å². The summed E-state index contributed by atoms with van der Waals surface area (Å²) in [6.45, 7) is 0. The van der Waals surface area contributed by atoms with E-state index in [4.69, 9.17) is 5.11 Å². The van der Waals surface area contributed by atoms with E-state index >= 15 is 0 Å². The monoisotopic (exact) mass is 541 g/mol. The lowest BCUT2D eigenvalue weighted by Crippen LogP contribution is -2.42. The van der Waals surface area contributed by atoms with Crippen LogP contribution < -0.4 is 15.4 Å². The van der Waals surface area contributed by atoms with Crippen molar-refractivity contribution in [2.75, 3.05) is 5.32 Å². The number of urea groups is 1. The molecule has 3 amide bonds. The Hall–Kier alpha value is -4.78. The van der Waals surface area contributed by atoms with Gasteiger partial charge in [-0.2, -0.15) is 0 Å². The molecule has 4 aromatic rings. The van der Waals surface area contributed by atoms with Crippen molar-refractivity contribution in [2.24, 2.45) is 0 Å². The van der Waals surface area contributed by atoms with Gasteiger partial charge in [0.25, 0.3) is 10.0 Å². The van der Waals surface area contributed by atoms with Gasteiger partial charge < -0.3 is 15.0 Å². The molecule has 0 bridgehead atoms. The van der Waals surface area contributed by atoms with Gasteiger partial charge in [0.05, 0.1) is 6.04 Å². The first kappa shape index (κ1) is 26.3. The molecule has 38 heavy (non-hydrogen) atoms. The normalized spacial score (nSPS) is 11.9. The molecule has 3 aromatic carbocycles. The number of nitrogens with one attached hydrogen (secondary N) is 3. The van der Waals surface area contributed by atoms with Gasteiger partial charge in [-0.3, -0.25) is 5.32 Å². The van der Waals surface area contributed by atoms with Crippen molar-refractivity contribution in [1.29, 1.82) is 0 Å². The van der Waals surface area contributed by atoms with Crippen LogP contribution in [-0.4, -0.2) is 35.2 Å². The van der Waals surface area contributed by atoms with E-state index in [1.165, 1.54) is 18.3 Å². The molecular weight excluding hydrogens is 520 g/mol. The zero-order chi connectivity index (χ0) is 27.3. The van der Waals surface area contributed by atoms with Crippen LogP contribution in [0.3, 0.4) is 0 Å². The van der Waals surface area contributed by atoms with Gasteiger partial charge in [0, 0.05) is 23.8 Å². The second-order valence-corrected chi connectivity index (χ2v) is 9.62. The van der Waals surface area contributed by atoms with Crippen molar-refractivity contribution in [3.8, 4) is 5.69 Å². The molecule has 0 fully saturated rings. The van der Waals surface area contributed by atoms with Gasteiger partial charge in [-0.1, -0.05) is 36.4 Å². The molecule has 0 aliphatic heterocycles. The predicted octanol–water partition coefficient (Wildman–Crippen LogP) is 4.21. The molecule has 13 heteroatoms. The molecule has 0 spiro atoms. The van der Waals surface area contributed by atoms with Crippen molar-refractivity contribution in [3.63, 3.8) is 0 Å². The summed E-state index contributed by atoms with van der Waals surface area (Å²) in [6, 6.07) is 15.8. The SMILES string of the molecule is O=C(O)Nc1ccc(-n2ccnc2C(Cc2ccccc2)NC(=O)NS(=O)(=O)c2c(F)cccc2F)cc1. The molecule has 0 saturated heterocycles. The van der Waals surface area contributed by atoms with Gasteiger partial charge in [-0.15, -0.1) is 0 Å². The van der Waals surface area contributed by atoms with E-state index in [1.807, 2.05) is 6.07 Å². The van der Waals surface area contributed by atoms with Gasteiger partial charge in [-0.05, 0) is 48.4 Å². The van der Waals surface area contributed by atoms with E-state index in [2.05, 4.69) is 15.6 Å². The van der Waals surface area contributed by atoms with E-state index in [-0.39, 0.29) is 6.42 Å². The Kier molecular flexibility index (Phi) is 7.67. The molecule has 10 nitrogen and oxygen atoms in total. The van der Waals surface area contributed by atoms with Crippen molar-refractivity contribution >= 4 is 27.8 Å². The lowest BCUT2D eigenvalue weighted by Gasteiger charge is -2.21. The highest BCUT2D eigenvalue weighted by Crippen LogP contribution is 2.23. The third-order valence-electron chi connectivity index (χ3n) is 5.38. The van der Waals surface area contributed by atoms with Gasteiger partial charge in [0.15, 0.2) is 4.90 Å². The Morgan fingerprint density at radius 1 is 0.947 bits per heavy atom. The van der Waals surface area contributed by atoms with Gasteiger partial charge in [0.2, 0.25) is 0 Å². The van der Waals surface area contributed by atoms with E-state index in [0.717, 1.165) is 23.8 Å². The van der Waals surface area contributed by atoms with Crippen LogP contribution in [0.2, 0.25) is 0 Å². The number of nitrogens with zero attached hydrogens (tertiary/aromatic N) is 2. The number of benzene rings is 3. The molecular formula is C25H21F2N5O5S. The molecule has 0 radical (unpaired) electrons. The largest absolute Gasteiger partial charge is 0.465 e. The van der Waals surface area contributed by atoms with Crippen LogP contribution in [0.5, 0.6) is 0 Å².